The summed E-state index contributed by atoms with van der Waals surface area (Å²) in [7, 11) is 0. The molecule has 1 atom stereocenters. The van der Waals surface area contributed by atoms with E-state index in [2.05, 4.69) is 25.4 Å². The van der Waals surface area contributed by atoms with Gasteiger partial charge in [0.05, 0.1) is 11.7 Å². The molecule has 0 fully saturated rings. The highest BCUT2D eigenvalue weighted by Gasteiger charge is 2.38. The van der Waals surface area contributed by atoms with Crippen LogP contribution in [0.25, 0.3) is 5.65 Å². The second-order valence-electron chi connectivity index (χ2n) is 5.96. The molecule has 3 heterocycles. The maximum absolute atomic E-state index is 12.4. The Morgan fingerprint density at radius 3 is 2.45 bits per heavy atom. The molecule has 3 aromatic heterocycles. The Labute approximate surface area is 160 Å². The SMILES string of the molecule is Cc1nc(C(C)NC(=O)c2c[nH]n3c(=O)ccnc23)[nH]c1C.O=C(O)C(F)(F)F. The number of carboxylic acids is 1. The number of nitrogens with zero attached hydrogens (tertiary/aromatic N) is 3. The first-order chi connectivity index (χ1) is 13.4. The highest BCUT2D eigenvalue weighted by molar-refractivity contribution is 5.99. The third-order valence-corrected chi connectivity index (χ3v) is 3.82. The van der Waals surface area contributed by atoms with Gasteiger partial charge in [-0.1, -0.05) is 0 Å². The fraction of sp³-hybridized carbons (Fsp3) is 0.312. The first-order valence-electron chi connectivity index (χ1n) is 8.11. The van der Waals surface area contributed by atoms with Crippen molar-refractivity contribution in [1.82, 2.24) is 29.9 Å². The minimum absolute atomic E-state index is 0.269. The van der Waals surface area contributed by atoms with Crippen LogP contribution >= 0.6 is 0 Å². The third-order valence-electron chi connectivity index (χ3n) is 3.82. The molecular formula is C16H17F3N6O4. The number of hydrogen-bond donors (Lipinski definition) is 4. The number of alkyl halides is 3. The topological polar surface area (TPSA) is 145 Å². The summed E-state index contributed by atoms with van der Waals surface area (Å²) >= 11 is 0. The minimum Gasteiger partial charge on any atom is -0.475 e. The van der Waals surface area contributed by atoms with Crippen LogP contribution in [0.5, 0.6) is 0 Å². The molecule has 3 rings (SSSR count). The second kappa shape index (κ2) is 8.16. The van der Waals surface area contributed by atoms with Gasteiger partial charge >= 0.3 is 12.1 Å². The van der Waals surface area contributed by atoms with Crippen molar-refractivity contribution in [2.45, 2.75) is 33.0 Å². The molecule has 0 saturated carbocycles. The Kier molecular flexibility index (Phi) is 6.09. The molecule has 0 aliphatic heterocycles. The molecule has 13 heteroatoms. The third kappa shape index (κ3) is 5.00. The van der Waals surface area contributed by atoms with E-state index in [-0.39, 0.29) is 17.5 Å². The van der Waals surface area contributed by atoms with Gasteiger partial charge in [0.25, 0.3) is 11.5 Å². The van der Waals surface area contributed by atoms with Crippen molar-refractivity contribution >= 4 is 17.5 Å². The molecule has 4 N–H and O–H groups in total. The Morgan fingerprint density at radius 1 is 1.31 bits per heavy atom. The molecule has 0 aromatic carbocycles. The molecular weight excluding hydrogens is 397 g/mol. The largest absolute Gasteiger partial charge is 0.490 e. The first-order valence-corrected chi connectivity index (χ1v) is 8.11. The van der Waals surface area contributed by atoms with Crippen molar-refractivity contribution in [3.05, 3.63) is 51.6 Å². The van der Waals surface area contributed by atoms with Crippen molar-refractivity contribution in [2.24, 2.45) is 0 Å². The lowest BCUT2D eigenvalue weighted by atomic mass is 10.2. The van der Waals surface area contributed by atoms with E-state index in [4.69, 9.17) is 9.90 Å². The Bertz CT molecular complexity index is 1080. The summed E-state index contributed by atoms with van der Waals surface area (Å²) in [6, 6.07) is 1.03. The number of rotatable bonds is 3. The molecule has 29 heavy (non-hydrogen) atoms. The normalized spacial score (nSPS) is 12.2. The number of H-pyrrole nitrogens is 2. The maximum Gasteiger partial charge on any atom is 0.490 e. The van der Waals surface area contributed by atoms with Crippen LogP contribution in [0, 0.1) is 13.8 Å². The molecule has 1 unspecified atom stereocenters. The molecule has 0 aliphatic rings. The van der Waals surface area contributed by atoms with Crippen LogP contribution in [-0.4, -0.2) is 47.7 Å². The first kappa shape index (κ1) is 21.7. The van der Waals surface area contributed by atoms with Crippen LogP contribution in [0.2, 0.25) is 0 Å². The number of imidazole rings is 1. The Balaban J connectivity index is 0.000000370. The van der Waals surface area contributed by atoms with Crippen molar-refractivity contribution in [3.8, 4) is 0 Å². The van der Waals surface area contributed by atoms with Crippen LogP contribution in [0.15, 0.2) is 23.3 Å². The van der Waals surface area contributed by atoms with E-state index in [1.165, 1.54) is 23.0 Å². The van der Waals surface area contributed by atoms with Gasteiger partial charge in [0.2, 0.25) is 0 Å². The van der Waals surface area contributed by atoms with Gasteiger partial charge in [0.1, 0.15) is 11.4 Å². The molecule has 1 amide bonds. The van der Waals surface area contributed by atoms with E-state index in [0.29, 0.717) is 17.0 Å². The zero-order chi connectivity index (χ0) is 21.9. The number of carbonyl (C=O) groups is 2. The van der Waals surface area contributed by atoms with Crippen LogP contribution in [0.4, 0.5) is 13.2 Å². The predicted octanol–water partition coefficient (Wildman–Crippen LogP) is 1.49. The van der Waals surface area contributed by atoms with Gasteiger partial charge in [-0.05, 0) is 20.8 Å². The van der Waals surface area contributed by atoms with E-state index in [9.17, 15) is 22.8 Å². The van der Waals surface area contributed by atoms with E-state index < -0.39 is 12.1 Å². The summed E-state index contributed by atoms with van der Waals surface area (Å²) in [5.41, 5.74) is 2.20. The maximum atomic E-state index is 12.4. The lowest BCUT2D eigenvalue weighted by Crippen LogP contribution is -2.27. The number of amides is 1. The monoisotopic (exact) mass is 414 g/mol. The average molecular weight is 414 g/mol. The molecule has 0 aliphatic carbocycles. The number of carbonyl (C=O) groups excluding carboxylic acids is 1. The number of fused-ring (bicyclic) bond motifs is 1. The fourth-order valence-electron chi connectivity index (χ4n) is 2.21. The molecule has 0 radical (unpaired) electrons. The highest BCUT2D eigenvalue weighted by Crippen LogP contribution is 2.14. The molecule has 0 saturated heterocycles. The van der Waals surface area contributed by atoms with E-state index >= 15 is 0 Å². The quantitative estimate of drug-likeness (QED) is 0.511. The van der Waals surface area contributed by atoms with Gasteiger partial charge < -0.3 is 15.4 Å². The van der Waals surface area contributed by atoms with Crippen molar-refractivity contribution < 1.29 is 27.9 Å². The molecule has 0 bridgehead atoms. The molecule has 3 aromatic rings. The summed E-state index contributed by atoms with van der Waals surface area (Å²) < 4.78 is 33.0. The number of aromatic nitrogens is 5. The van der Waals surface area contributed by atoms with Crippen molar-refractivity contribution in [1.29, 1.82) is 0 Å². The molecule has 156 valence electrons. The number of hydrogen-bond acceptors (Lipinski definition) is 5. The summed E-state index contributed by atoms with van der Waals surface area (Å²) in [6.07, 6.45) is -2.24. The number of nitrogens with one attached hydrogen (secondary N) is 3. The average Bonchev–Trinajstić information content (AvgIpc) is 3.19. The summed E-state index contributed by atoms with van der Waals surface area (Å²) in [6.45, 7) is 5.67. The van der Waals surface area contributed by atoms with E-state index in [1.54, 1.807) is 0 Å². The Hall–Kier alpha value is -3.64. The molecule has 10 nitrogen and oxygen atoms in total. The number of aliphatic carboxylic acids is 1. The zero-order valence-electron chi connectivity index (χ0n) is 15.5. The van der Waals surface area contributed by atoms with Crippen LogP contribution in [-0.2, 0) is 4.79 Å². The van der Waals surface area contributed by atoms with Gasteiger partial charge in [0, 0.05) is 24.2 Å². The van der Waals surface area contributed by atoms with Gasteiger partial charge in [-0.2, -0.15) is 13.2 Å². The molecule has 0 spiro atoms. The number of halogens is 3. The standard InChI is InChI=1S/C14H16N6O2.C2HF3O2/c1-7-8(2)18-12(17-7)9(3)19-14(22)10-6-16-20-11(21)4-5-15-13(10)20;3-2(4,5)1(6)7/h4-6,9,16H,1-3H3,(H,17,18)(H,19,22);(H,6,7). The summed E-state index contributed by atoms with van der Waals surface area (Å²) in [5.74, 6) is -2.39. The summed E-state index contributed by atoms with van der Waals surface area (Å²) in [4.78, 5) is 44.5. The van der Waals surface area contributed by atoms with Crippen LogP contribution < -0.4 is 10.9 Å². The minimum atomic E-state index is -5.08. The summed E-state index contributed by atoms with van der Waals surface area (Å²) in [5, 5.41) is 12.7. The number of aromatic amines is 2. The smallest absolute Gasteiger partial charge is 0.475 e. The lowest BCUT2D eigenvalue weighted by molar-refractivity contribution is -0.192. The van der Waals surface area contributed by atoms with Gasteiger partial charge in [-0.3, -0.25) is 14.7 Å². The van der Waals surface area contributed by atoms with E-state index in [0.717, 1.165) is 11.4 Å². The highest BCUT2D eigenvalue weighted by atomic mass is 19.4. The predicted molar refractivity (Wildman–Crippen MR) is 93.4 cm³/mol. The van der Waals surface area contributed by atoms with E-state index in [1.807, 2.05) is 20.8 Å². The van der Waals surface area contributed by atoms with Crippen LogP contribution in [0.1, 0.15) is 40.5 Å². The van der Waals surface area contributed by atoms with Crippen molar-refractivity contribution in [2.75, 3.05) is 0 Å². The second-order valence-corrected chi connectivity index (χ2v) is 5.96. The zero-order valence-corrected chi connectivity index (χ0v) is 15.5. The van der Waals surface area contributed by atoms with Gasteiger partial charge in [-0.25, -0.2) is 19.3 Å². The van der Waals surface area contributed by atoms with Gasteiger partial charge in [-0.15, -0.1) is 0 Å². The van der Waals surface area contributed by atoms with Crippen LogP contribution in [0.3, 0.4) is 0 Å². The fourth-order valence-corrected chi connectivity index (χ4v) is 2.21. The number of aryl methyl sites for hydroxylation is 2. The van der Waals surface area contributed by atoms with Gasteiger partial charge in [0.15, 0.2) is 5.65 Å². The van der Waals surface area contributed by atoms with Crippen molar-refractivity contribution in [3.63, 3.8) is 0 Å². The number of carboxylic acid groups (broad SMARTS) is 1. The Morgan fingerprint density at radius 2 is 1.93 bits per heavy atom. The lowest BCUT2D eigenvalue weighted by Gasteiger charge is -2.10.